The van der Waals surface area contributed by atoms with E-state index in [0.29, 0.717) is 19.0 Å². The van der Waals surface area contributed by atoms with E-state index in [-0.39, 0.29) is 18.1 Å². The number of benzene rings is 1. The number of amides is 1. The monoisotopic (exact) mass is 368 g/mol. The largest absolute Gasteiger partial charge is 0.497 e. The molecule has 1 fully saturated rings. The summed E-state index contributed by atoms with van der Waals surface area (Å²) in [5.74, 6) is 1.22. The van der Waals surface area contributed by atoms with E-state index in [9.17, 15) is 13.2 Å². The van der Waals surface area contributed by atoms with Crippen LogP contribution >= 0.6 is 0 Å². The third kappa shape index (κ3) is 6.32. The summed E-state index contributed by atoms with van der Waals surface area (Å²) in [5, 5.41) is 0. The molecular weight excluding hydrogens is 340 g/mol. The molecule has 1 heterocycles. The molecule has 0 aliphatic carbocycles. The number of rotatable bonds is 7. The number of nitrogens with two attached hydrogens (primary N) is 1. The molecule has 1 amide bonds. The molecule has 7 heteroatoms. The first-order valence-electron chi connectivity index (χ1n) is 8.63. The molecule has 1 aromatic carbocycles. The Labute approximate surface area is 150 Å². The molecule has 0 radical (unpaired) electrons. The highest BCUT2D eigenvalue weighted by Crippen LogP contribution is 2.23. The van der Waals surface area contributed by atoms with Crippen molar-refractivity contribution in [2.75, 3.05) is 32.2 Å². The zero-order chi connectivity index (χ0) is 18.4. The number of likely N-dealkylation sites (tertiary alicyclic amines) is 1. The van der Waals surface area contributed by atoms with Crippen molar-refractivity contribution in [3.8, 4) is 5.75 Å². The smallest absolute Gasteiger partial charge is 0.239 e. The first-order chi connectivity index (χ1) is 11.8. The van der Waals surface area contributed by atoms with Gasteiger partial charge in [-0.3, -0.25) is 4.79 Å². The van der Waals surface area contributed by atoms with Gasteiger partial charge in [-0.05, 0) is 49.3 Å². The fourth-order valence-corrected chi connectivity index (χ4v) is 3.83. The maximum Gasteiger partial charge on any atom is 0.239 e. The number of hydrogen-bond acceptors (Lipinski definition) is 5. The number of piperidine rings is 1. The molecule has 1 atom stereocenters. The van der Waals surface area contributed by atoms with Crippen LogP contribution in [0.2, 0.25) is 0 Å². The van der Waals surface area contributed by atoms with E-state index in [2.05, 4.69) is 12.1 Å². The quantitative estimate of drug-likeness (QED) is 0.782. The van der Waals surface area contributed by atoms with Crippen LogP contribution in [0.3, 0.4) is 0 Å². The molecule has 140 valence electrons. The predicted molar refractivity (Wildman–Crippen MR) is 98.3 cm³/mol. The predicted octanol–water partition coefficient (Wildman–Crippen LogP) is 1.24. The molecule has 0 aromatic heterocycles. The van der Waals surface area contributed by atoms with Gasteiger partial charge in [-0.25, -0.2) is 8.42 Å². The third-order valence-corrected chi connectivity index (χ3v) is 5.70. The summed E-state index contributed by atoms with van der Waals surface area (Å²) < 4.78 is 27.6. The molecule has 1 aliphatic heterocycles. The summed E-state index contributed by atoms with van der Waals surface area (Å²) in [6, 6.07) is 7.37. The molecule has 1 aromatic rings. The summed E-state index contributed by atoms with van der Waals surface area (Å²) in [6.45, 7) is 1.37. The van der Waals surface area contributed by atoms with Gasteiger partial charge in [0.1, 0.15) is 15.6 Å². The van der Waals surface area contributed by atoms with Crippen LogP contribution in [0.25, 0.3) is 0 Å². The molecule has 2 N–H and O–H groups in total. The lowest BCUT2D eigenvalue weighted by molar-refractivity contribution is -0.134. The second-order valence-corrected chi connectivity index (χ2v) is 9.11. The average molecular weight is 368 g/mol. The van der Waals surface area contributed by atoms with Crippen LogP contribution < -0.4 is 10.5 Å². The minimum atomic E-state index is -3.09. The minimum Gasteiger partial charge on any atom is -0.497 e. The highest BCUT2D eigenvalue weighted by Gasteiger charge is 2.26. The Morgan fingerprint density at radius 2 is 1.88 bits per heavy atom. The van der Waals surface area contributed by atoms with Gasteiger partial charge in [-0.15, -0.1) is 0 Å². The number of carbonyl (C=O) groups excluding carboxylic acids is 1. The Hall–Kier alpha value is -1.60. The molecule has 2 rings (SSSR count). The van der Waals surface area contributed by atoms with Gasteiger partial charge < -0.3 is 15.4 Å². The molecular formula is C18H28N2O4S. The number of methoxy groups -OCH3 is 1. The Kier molecular flexibility index (Phi) is 6.84. The molecule has 1 unspecified atom stereocenters. The fourth-order valence-electron chi connectivity index (χ4n) is 3.15. The second-order valence-electron chi connectivity index (χ2n) is 6.85. The van der Waals surface area contributed by atoms with Crippen LogP contribution in [0, 0.1) is 5.92 Å². The van der Waals surface area contributed by atoms with Crippen LogP contribution in [0.4, 0.5) is 0 Å². The molecule has 1 aliphatic rings. The fraction of sp³-hybridized carbons (Fsp3) is 0.611. The summed E-state index contributed by atoms with van der Waals surface area (Å²) in [6.07, 6.45) is 4.22. The molecule has 6 nitrogen and oxygen atoms in total. The lowest BCUT2D eigenvalue weighted by Gasteiger charge is -2.33. The van der Waals surface area contributed by atoms with Crippen molar-refractivity contribution in [1.82, 2.24) is 4.90 Å². The van der Waals surface area contributed by atoms with Crippen molar-refractivity contribution in [1.29, 1.82) is 0 Å². The van der Waals surface area contributed by atoms with Crippen molar-refractivity contribution >= 4 is 15.7 Å². The van der Waals surface area contributed by atoms with E-state index in [1.165, 1.54) is 5.56 Å². The number of sulfone groups is 1. The average Bonchev–Trinajstić information content (AvgIpc) is 2.60. The Morgan fingerprint density at radius 3 is 2.40 bits per heavy atom. The first-order valence-corrected chi connectivity index (χ1v) is 10.7. The van der Waals surface area contributed by atoms with E-state index in [1.54, 1.807) is 12.0 Å². The number of ether oxygens (including phenoxy) is 1. The minimum absolute atomic E-state index is 0.0478. The summed E-state index contributed by atoms with van der Waals surface area (Å²) >= 11 is 0. The van der Waals surface area contributed by atoms with E-state index >= 15 is 0 Å². The Bertz CT molecular complexity index is 665. The number of hydrogen-bond donors (Lipinski definition) is 1. The van der Waals surface area contributed by atoms with E-state index in [1.807, 2.05) is 12.1 Å². The zero-order valence-electron chi connectivity index (χ0n) is 15.0. The summed E-state index contributed by atoms with van der Waals surface area (Å²) in [4.78, 5) is 14.1. The summed E-state index contributed by atoms with van der Waals surface area (Å²) in [7, 11) is -1.44. The van der Waals surface area contributed by atoms with Gasteiger partial charge in [0.05, 0.1) is 18.9 Å². The molecule has 0 bridgehead atoms. The van der Waals surface area contributed by atoms with Crippen LogP contribution in [0.5, 0.6) is 5.75 Å². The van der Waals surface area contributed by atoms with Crippen LogP contribution in [-0.4, -0.2) is 57.5 Å². The van der Waals surface area contributed by atoms with E-state index in [0.717, 1.165) is 31.3 Å². The van der Waals surface area contributed by atoms with Crippen molar-refractivity contribution in [2.45, 2.75) is 31.7 Å². The van der Waals surface area contributed by atoms with Crippen molar-refractivity contribution in [3.63, 3.8) is 0 Å². The van der Waals surface area contributed by atoms with Gasteiger partial charge in [0.2, 0.25) is 5.91 Å². The third-order valence-electron chi connectivity index (χ3n) is 4.73. The Morgan fingerprint density at radius 1 is 1.28 bits per heavy atom. The van der Waals surface area contributed by atoms with Crippen molar-refractivity contribution < 1.29 is 17.9 Å². The van der Waals surface area contributed by atoms with Gasteiger partial charge in [0.25, 0.3) is 0 Å². The maximum absolute atomic E-state index is 12.3. The standard InChI is InChI=1S/C18H28N2O4S/c1-24-16-5-3-14(4-6-16)13-15-7-10-20(11-8-15)18(21)17(19)9-12-25(2,22)23/h3-6,15,17H,7-13,19H2,1-2H3. The van der Waals surface area contributed by atoms with E-state index < -0.39 is 15.9 Å². The highest BCUT2D eigenvalue weighted by molar-refractivity contribution is 7.90. The SMILES string of the molecule is COc1ccc(CC2CCN(C(=O)C(N)CCS(C)(=O)=O)CC2)cc1. The van der Waals surface area contributed by atoms with Gasteiger partial charge >= 0.3 is 0 Å². The second kappa shape index (κ2) is 8.67. The van der Waals surface area contributed by atoms with Crippen LogP contribution in [0.15, 0.2) is 24.3 Å². The van der Waals surface area contributed by atoms with Gasteiger partial charge in [0, 0.05) is 19.3 Å². The summed E-state index contributed by atoms with van der Waals surface area (Å²) in [5.41, 5.74) is 7.15. The van der Waals surface area contributed by atoms with Crippen LogP contribution in [-0.2, 0) is 21.1 Å². The number of nitrogens with zero attached hydrogens (tertiary/aromatic N) is 1. The van der Waals surface area contributed by atoms with E-state index in [4.69, 9.17) is 10.5 Å². The van der Waals surface area contributed by atoms with Crippen molar-refractivity contribution in [3.05, 3.63) is 29.8 Å². The van der Waals surface area contributed by atoms with Crippen LogP contribution in [0.1, 0.15) is 24.8 Å². The Balaban J connectivity index is 1.79. The van der Waals surface area contributed by atoms with Crippen molar-refractivity contribution in [2.24, 2.45) is 11.7 Å². The topological polar surface area (TPSA) is 89.7 Å². The van der Waals surface area contributed by atoms with Gasteiger partial charge in [-0.1, -0.05) is 12.1 Å². The lowest BCUT2D eigenvalue weighted by atomic mass is 9.90. The molecule has 25 heavy (non-hydrogen) atoms. The first kappa shape index (κ1) is 19.7. The zero-order valence-corrected chi connectivity index (χ0v) is 15.8. The molecule has 0 spiro atoms. The molecule has 0 saturated carbocycles. The lowest BCUT2D eigenvalue weighted by Crippen LogP contribution is -2.47. The van der Waals surface area contributed by atoms with Gasteiger partial charge in [0.15, 0.2) is 0 Å². The maximum atomic E-state index is 12.3. The highest BCUT2D eigenvalue weighted by atomic mass is 32.2. The number of carbonyl (C=O) groups is 1. The van der Waals surface area contributed by atoms with Gasteiger partial charge in [-0.2, -0.15) is 0 Å². The normalized spacial score (nSPS) is 17.3. The molecule has 1 saturated heterocycles.